The number of halogens is 4. The first-order valence-electron chi connectivity index (χ1n) is 8.73. The number of nitrogens with zero attached hydrogens (tertiary/aromatic N) is 3. The van der Waals surface area contributed by atoms with Gasteiger partial charge in [-0.2, -0.15) is 13.2 Å². The van der Waals surface area contributed by atoms with E-state index in [9.17, 15) is 22.8 Å². The van der Waals surface area contributed by atoms with Crippen LogP contribution in [0.2, 0.25) is 5.02 Å². The first kappa shape index (κ1) is 22.6. The van der Waals surface area contributed by atoms with Crippen molar-refractivity contribution in [1.82, 2.24) is 20.1 Å². The van der Waals surface area contributed by atoms with E-state index in [1.807, 2.05) is 5.32 Å². The van der Waals surface area contributed by atoms with Gasteiger partial charge in [-0.05, 0) is 37.3 Å². The monoisotopic (exact) mass is 469 g/mol. The summed E-state index contributed by atoms with van der Waals surface area (Å²) >= 11 is 7.16. The van der Waals surface area contributed by atoms with Gasteiger partial charge < -0.3 is 5.73 Å². The molecule has 0 aliphatic heterocycles. The summed E-state index contributed by atoms with van der Waals surface area (Å²) in [6.07, 6.45) is -4.56. The second-order valence-electron chi connectivity index (χ2n) is 6.28. The van der Waals surface area contributed by atoms with E-state index in [1.54, 1.807) is 24.3 Å². The molecular weight excluding hydrogens is 455 g/mol. The number of carbonyl (C=O) groups is 2. The highest BCUT2D eigenvalue weighted by Crippen LogP contribution is 2.35. The Hall–Kier alpha value is -3.05. The number of carbonyl (C=O) groups excluding carboxylic acids is 2. The Kier molecular flexibility index (Phi) is 6.56. The molecule has 0 saturated heterocycles. The van der Waals surface area contributed by atoms with E-state index >= 15 is 0 Å². The molecule has 0 saturated carbocycles. The number of rotatable bonds is 5. The predicted octanol–water partition coefficient (Wildman–Crippen LogP) is 4.28. The molecule has 0 unspecified atom stereocenters. The molecule has 1 atom stereocenters. The van der Waals surface area contributed by atoms with Gasteiger partial charge in [-0.15, -0.1) is 10.2 Å². The molecule has 2 aromatic carbocycles. The highest BCUT2D eigenvalue weighted by Gasteiger charge is 2.31. The van der Waals surface area contributed by atoms with Crippen LogP contribution in [0.4, 0.5) is 18.0 Å². The SMILES string of the molecule is C[C@@H](Sc1nnc(-c2ccccc2Cl)n1-c1cccc(C(F)(F)F)c1)C(=O)NC(N)=O. The van der Waals surface area contributed by atoms with Crippen molar-refractivity contribution in [2.24, 2.45) is 5.73 Å². The summed E-state index contributed by atoms with van der Waals surface area (Å²) in [7, 11) is 0. The molecule has 0 spiro atoms. The lowest BCUT2D eigenvalue weighted by Crippen LogP contribution is -2.39. The van der Waals surface area contributed by atoms with E-state index in [1.165, 1.54) is 23.6 Å². The zero-order valence-corrected chi connectivity index (χ0v) is 17.4. The Morgan fingerprint density at radius 1 is 1.16 bits per heavy atom. The summed E-state index contributed by atoms with van der Waals surface area (Å²) in [6, 6.07) is 10.2. The van der Waals surface area contributed by atoms with Crippen LogP contribution < -0.4 is 11.1 Å². The molecule has 1 aromatic heterocycles. The molecular formula is C19H15ClF3N5O2S. The van der Waals surface area contributed by atoms with Crippen LogP contribution >= 0.6 is 23.4 Å². The molecule has 7 nitrogen and oxygen atoms in total. The molecule has 3 rings (SSSR count). The Labute approximate surface area is 183 Å². The van der Waals surface area contributed by atoms with Gasteiger partial charge in [0, 0.05) is 5.56 Å². The van der Waals surface area contributed by atoms with Crippen LogP contribution in [0.3, 0.4) is 0 Å². The van der Waals surface area contributed by atoms with Crippen LogP contribution in [-0.4, -0.2) is 32.0 Å². The number of hydrogen-bond acceptors (Lipinski definition) is 5. The summed E-state index contributed by atoms with van der Waals surface area (Å²) in [5, 5.41) is 9.68. The van der Waals surface area contributed by atoms with E-state index in [-0.39, 0.29) is 16.7 Å². The quantitative estimate of drug-likeness (QED) is 0.543. The van der Waals surface area contributed by atoms with Gasteiger partial charge in [0.05, 0.1) is 21.5 Å². The van der Waals surface area contributed by atoms with Crippen LogP contribution in [0.25, 0.3) is 17.1 Å². The second-order valence-corrected chi connectivity index (χ2v) is 8.00. The maximum Gasteiger partial charge on any atom is 0.416 e. The number of nitrogens with two attached hydrogens (primary N) is 1. The molecule has 0 fully saturated rings. The third-order valence-corrected chi connectivity index (χ3v) is 5.45. The molecule has 12 heteroatoms. The van der Waals surface area contributed by atoms with Gasteiger partial charge >= 0.3 is 12.2 Å². The molecule has 3 N–H and O–H groups in total. The fourth-order valence-electron chi connectivity index (χ4n) is 2.65. The predicted molar refractivity (Wildman–Crippen MR) is 110 cm³/mol. The fourth-order valence-corrected chi connectivity index (χ4v) is 3.74. The highest BCUT2D eigenvalue weighted by atomic mass is 35.5. The zero-order chi connectivity index (χ0) is 22.8. The van der Waals surface area contributed by atoms with Crippen LogP contribution in [0.1, 0.15) is 12.5 Å². The van der Waals surface area contributed by atoms with Crippen molar-refractivity contribution >= 4 is 35.3 Å². The van der Waals surface area contributed by atoms with Crippen molar-refractivity contribution in [3.63, 3.8) is 0 Å². The average molecular weight is 470 g/mol. The maximum atomic E-state index is 13.3. The standard InChI is InChI=1S/C19H15ClF3N5O2S/c1-10(16(29)25-17(24)30)31-18-27-26-15(13-7-2-3-8-14(13)20)28(18)12-6-4-5-11(9-12)19(21,22)23/h2-10H,1H3,(H3,24,25,29,30)/t10-/m1/s1. The summed E-state index contributed by atoms with van der Waals surface area (Å²) in [5.74, 6) is -0.495. The van der Waals surface area contributed by atoms with Crippen molar-refractivity contribution in [3.05, 3.63) is 59.1 Å². The van der Waals surface area contributed by atoms with Crippen molar-refractivity contribution in [2.45, 2.75) is 23.5 Å². The maximum absolute atomic E-state index is 13.3. The Balaban J connectivity index is 2.13. The van der Waals surface area contributed by atoms with E-state index < -0.39 is 28.9 Å². The van der Waals surface area contributed by atoms with Gasteiger partial charge in [-0.1, -0.05) is 41.6 Å². The first-order chi connectivity index (χ1) is 14.6. The van der Waals surface area contributed by atoms with E-state index in [0.717, 1.165) is 23.9 Å². The third kappa shape index (κ3) is 5.17. The van der Waals surface area contributed by atoms with E-state index in [4.69, 9.17) is 17.3 Å². The van der Waals surface area contributed by atoms with Crippen molar-refractivity contribution in [1.29, 1.82) is 0 Å². The molecule has 0 radical (unpaired) electrons. The van der Waals surface area contributed by atoms with Crippen LogP contribution in [-0.2, 0) is 11.0 Å². The minimum atomic E-state index is -4.56. The molecule has 0 aliphatic rings. The number of nitrogens with one attached hydrogen (secondary N) is 1. The Bertz CT molecular complexity index is 1140. The number of hydrogen-bond donors (Lipinski definition) is 2. The second kappa shape index (κ2) is 8.98. The molecule has 31 heavy (non-hydrogen) atoms. The molecule has 0 bridgehead atoms. The topological polar surface area (TPSA) is 103 Å². The molecule has 0 aliphatic carbocycles. The summed E-state index contributed by atoms with van der Waals surface area (Å²) in [6.45, 7) is 1.49. The van der Waals surface area contributed by atoms with Gasteiger partial charge in [-0.25, -0.2) is 4.79 Å². The minimum absolute atomic E-state index is 0.125. The average Bonchev–Trinajstić information content (AvgIpc) is 3.10. The molecule has 3 amide bonds. The number of benzene rings is 2. The summed E-state index contributed by atoms with van der Waals surface area (Å²) in [4.78, 5) is 23.0. The summed E-state index contributed by atoms with van der Waals surface area (Å²) in [5.41, 5.74) is 4.67. The number of alkyl halides is 3. The lowest BCUT2D eigenvalue weighted by Gasteiger charge is -2.15. The smallest absolute Gasteiger partial charge is 0.351 e. The number of urea groups is 1. The fraction of sp³-hybridized carbons (Fsp3) is 0.158. The number of imide groups is 1. The molecule has 162 valence electrons. The normalized spacial score (nSPS) is 12.4. The van der Waals surface area contributed by atoms with Gasteiger partial charge in [0.1, 0.15) is 0 Å². The zero-order valence-electron chi connectivity index (χ0n) is 15.9. The highest BCUT2D eigenvalue weighted by molar-refractivity contribution is 8.00. The number of aromatic nitrogens is 3. The van der Waals surface area contributed by atoms with Gasteiger partial charge in [-0.3, -0.25) is 14.7 Å². The lowest BCUT2D eigenvalue weighted by atomic mass is 10.1. The van der Waals surface area contributed by atoms with Gasteiger partial charge in [0.15, 0.2) is 11.0 Å². The van der Waals surface area contributed by atoms with E-state index in [0.29, 0.717) is 10.6 Å². The van der Waals surface area contributed by atoms with Crippen LogP contribution in [0.15, 0.2) is 53.7 Å². The van der Waals surface area contributed by atoms with E-state index in [2.05, 4.69) is 10.2 Å². The Morgan fingerprint density at radius 3 is 2.52 bits per heavy atom. The molecule has 1 heterocycles. The Morgan fingerprint density at radius 2 is 1.87 bits per heavy atom. The lowest BCUT2D eigenvalue weighted by molar-refractivity contribution is -0.137. The minimum Gasteiger partial charge on any atom is -0.351 e. The van der Waals surface area contributed by atoms with Crippen LogP contribution in [0.5, 0.6) is 0 Å². The summed E-state index contributed by atoms with van der Waals surface area (Å²) < 4.78 is 41.2. The first-order valence-corrected chi connectivity index (χ1v) is 9.98. The number of primary amides is 1. The third-order valence-electron chi connectivity index (χ3n) is 4.08. The van der Waals surface area contributed by atoms with Crippen molar-refractivity contribution < 1.29 is 22.8 Å². The van der Waals surface area contributed by atoms with Crippen LogP contribution in [0, 0.1) is 0 Å². The van der Waals surface area contributed by atoms with Crippen molar-refractivity contribution in [2.75, 3.05) is 0 Å². The molecule has 3 aromatic rings. The van der Waals surface area contributed by atoms with Gasteiger partial charge in [0.2, 0.25) is 5.91 Å². The van der Waals surface area contributed by atoms with Gasteiger partial charge in [0.25, 0.3) is 0 Å². The van der Waals surface area contributed by atoms with Crippen molar-refractivity contribution in [3.8, 4) is 17.1 Å². The number of thioether (sulfide) groups is 1. The largest absolute Gasteiger partial charge is 0.416 e. The number of amides is 3.